The zero-order valence-corrected chi connectivity index (χ0v) is 14.8. The smallest absolute Gasteiger partial charge is 0.166 e. The second-order valence-electron chi connectivity index (χ2n) is 6.09. The standard InChI is InChI=1S/C13H33N4P/c1-10-11-12-13(2,3)14-18(15(4)5,16(6)7)17(8)9/h10-12H2,1-9H3. The summed E-state index contributed by atoms with van der Waals surface area (Å²) in [4.78, 5) is 0. The van der Waals surface area contributed by atoms with Crippen molar-refractivity contribution in [3.63, 3.8) is 0 Å². The van der Waals surface area contributed by atoms with Crippen molar-refractivity contribution in [1.29, 1.82) is 0 Å². The molecule has 0 heterocycles. The van der Waals surface area contributed by atoms with Gasteiger partial charge in [0, 0.05) is 0 Å². The van der Waals surface area contributed by atoms with Crippen molar-refractivity contribution in [2.24, 2.45) is 4.74 Å². The molecule has 0 aromatic carbocycles. The summed E-state index contributed by atoms with van der Waals surface area (Å²) in [7, 11) is 11.0. The third-order valence-corrected chi connectivity index (χ3v) is 7.19. The van der Waals surface area contributed by atoms with Gasteiger partial charge in [-0.05, 0) is 62.6 Å². The SMILES string of the molecule is CCCCC(C)(C)N=P(N(C)C)(N(C)C)N(C)C. The van der Waals surface area contributed by atoms with Crippen molar-refractivity contribution in [1.82, 2.24) is 14.0 Å². The molecule has 4 nitrogen and oxygen atoms in total. The summed E-state index contributed by atoms with van der Waals surface area (Å²) < 4.78 is 12.1. The molecular weight excluding hydrogens is 243 g/mol. The van der Waals surface area contributed by atoms with Crippen LogP contribution in [0.25, 0.3) is 0 Å². The number of nitrogens with zero attached hydrogens (tertiary/aromatic N) is 4. The van der Waals surface area contributed by atoms with Crippen LogP contribution in [-0.4, -0.2) is 61.8 Å². The van der Waals surface area contributed by atoms with E-state index in [0.717, 1.165) is 6.42 Å². The molecule has 0 aliphatic heterocycles. The molecular formula is C13H33N4P. The van der Waals surface area contributed by atoms with E-state index in [2.05, 4.69) is 77.1 Å². The van der Waals surface area contributed by atoms with Crippen molar-refractivity contribution in [3.05, 3.63) is 0 Å². The zero-order valence-electron chi connectivity index (χ0n) is 13.9. The van der Waals surface area contributed by atoms with Crippen LogP contribution in [0.2, 0.25) is 0 Å². The van der Waals surface area contributed by atoms with Gasteiger partial charge in [0.1, 0.15) is 0 Å². The molecule has 0 unspecified atom stereocenters. The average molecular weight is 276 g/mol. The van der Waals surface area contributed by atoms with Crippen LogP contribution in [0, 0.1) is 0 Å². The number of hydrogen-bond acceptors (Lipinski definition) is 1. The third kappa shape index (κ3) is 4.34. The summed E-state index contributed by atoms with van der Waals surface area (Å²) >= 11 is 0. The molecule has 0 bridgehead atoms. The number of hydrogen-bond donors (Lipinski definition) is 0. The molecule has 0 spiro atoms. The minimum Gasteiger partial charge on any atom is -0.254 e. The van der Waals surface area contributed by atoms with Gasteiger partial charge in [0.05, 0.1) is 5.54 Å². The van der Waals surface area contributed by atoms with Crippen LogP contribution in [0.4, 0.5) is 0 Å². The van der Waals surface area contributed by atoms with Crippen LogP contribution in [0.3, 0.4) is 0 Å². The molecule has 5 heteroatoms. The Labute approximate surface area is 115 Å². The molecule has 0 saturated heterocycles. The molecule has 110 valence electrons. The molecule has 18 heavy (non-hydrogen) atoms. The van der Waals surface area contributed by atoms with Gasteiger partial charge in [-0.2, -0.15) is 0 Å². The highest BCUT2D eigenvalue weighted by atomic mass is 31.2. The number of rotatable bonds is 7. The van der Waals surface area contributed by atoms with E-state index in [0.29, 0.717) is 0 Å². The lowest BCUT2D eigenvalue weighted by Gasteiger charge is -2.43. The minimum atomic E-state index is -1.75. The van der Waals surface area contributed by atoms with E-state index in [1.807, 2.05) is 0 Å². The fourth-order valence-corrected chi connectivity index (χ4v) is 5.87. The summed E-state index contributed by atoms with van der Waals surface area (Å²) in [6, 6.07) is 0. The molecule has 0 fully saturated rings. The Balaban J connectivity index is 5.56. The summed E-state index contributed by atoms with van der Waals surface area (Å²) in [6.07, 6.45) is 3.63. The topological polar surface area (TPSA) is 22.1 Å². The van der Waals surface area contributed by atoms with Gasteiger partial charge in [-0.1, -0.05) is 19.8 Å². The summed E-state index contributed by atoms with van der Waals surface area (Å²) in [6.45, 7) is 6.75. The van der Waals surface area contributed by atoms with Crippen LogP contribution < -0.4 is 0 Å². The summed E-state index contributed by atoms with van der Waals surface area (Å²) in [5.74, 6) is 0. The van der Waals surface area contributed by atoms with Crippen LogP contribution in [0.5, 0.6) is 0 Å². The second-order valence-corrected chi connectivity index (χ2v) is 9.77. The van der Waals surface area contributed by atoms with E-state index in [1.54, 1.807) is 0 Å². The first-order chi connectivity index (χ1) is 8.10. The Morgan fingerprint density at radius 2 is 1.28 bits per heavy atom. The summed E-state index contributed by atoms with van der Waals surface area (Å²) in [5, 5.41) is 0. The van der Waals surface area contributed by atoms with Crippen LogP contribution >= 0.6 is 7.51 Å². The highest BCUT2D eigenvalue weighted by Crippen LogP contribution is 2.56. The zero-order chi connectivity index (χ0) is 14.6. The van der Waals surface area contributed by atoms with Crippen molar-refractivity contribution in [3.8, 4) is 0 Å². The predicted octanol–water partition coefficient (Wildman–Crippen LogP) is 3.59. The van der Waals surface area contributed by atoms with Gasteiger partial charge in [-0.25, -0.2) is 0 Å². The van der Waals surface area contributed by atoms with Crippen LogP contribution in [0.1, 0.15) is 40.0 Å². The highest BCUT2D eigenvalue weighted by molar-refractivity contribution is 7.59. The summed E-state index contributed by atoms with van der Waals surface area (Å²) in [5.41, 5.74) is 0.0304. The van der Waals surface area contributed by atoms with Gasteiger partial charge in [-0.15, -0.1) is 0 Å². The minimum absolute atomic E-state index is 0.0304. The maximum absolute atomic E-state index is 5.26. The van der Waals surface area contributed by atoms with Gasteiger partial charge >= 0.3 is 0 Å². The maximum Gasteiger partial charge on any atom is 0.166 e. The first-order valence-electron chi connectivity index (χ1n) is 6.77. The predicted molar refractivity (Wildman–Crippen MR) is 84.0 cm³/mol. The third-order valence-electron chi connectivity index (χ3n) is 3.16. The van der Waals surface area contributed by atoms with E-state index < -0.39 is 7.51 Å². The molecule has 0 rings (SSSR count). The van der Waals surface area contributed by atoms with Crippen molar-refractivity contribution >= 4 is 7.51 Å². The first kappa shape index (κ1) is 18.1. The van der Waals surface area contributed by atoms with Crippen LogP contribution in [-0.2, 0) is 0 Å². The lowest BCUT2D eigenvalue weighted by atomic mass is 9.99. The first-order valence-corrected chi connectivity index (χ1v) is 8.37. The van der Waals surface area contributed by atoms with Gasteiger partial charge in [-0.3, -0.25) is 18.8 Å². The van der Waals surface area contributed by atoms with E-state index >= 15 is 0 Å². The number of unbranched alkanes of at least 4 members (excludes halogenated alkanes) is 1. The normalized spacial score (nSPS) is 13.8. The lowest BCUT2D eigenvalue weighted by molar-refractivity contribution is 0.422. The van der Waals surface area contributed by atoms with Crippen molar-refractivity contribution in [2.75, 3.05) is 42.3 Å². The lowest BCUT2D eigenvalue weighted by Crippen LogP contribution is -2.33. The Hall–Kier alpha value is 0.110. The van der Waals surface area contributed by atoms with Gasteiger partial charge in [0.15, 0.2) is 7.51 Å². The monoisotopic (exact) mass is 276 g/mol. The van der Waals surface area contributed by atoms with Gasteiger partial charge < -0.3 is 0 Å². The van der Waals surface area contributed by atoms with E-state index in [4.69, 9.17) is 4.74 Å². The molecule has 0 aromatic rings. The van der Waals surface area contributed by atoms with Crippen molar-refractivity contribution in [2.45, 2.75) is 45.6 Å². The van der Waals surface area contributed by atoms with Gasteiger partial charge in [0.2, 0.25) is 0 Å². The molecule has 0 N–H and O–H groups in total. The highest BCUT2D eigenvalue weighted by Gasteiger charge is 2.32. The second kappa shape index (κ2) is 7.04. The van der Waals surface area contributed by atoms with E-state index in [-0.39, 0.29) is 5.54 Å². The van der Waals surface area contributed by atoms with Gasteiger partial charge in [0.25, 0.3) is 0 Å². The Morgan fingerprint density at radius 1 is 0.889 bits per heavy atom. The molecule has 0 aliphatic rings. The van der Waals surface area contributed by atoms with Crippen molar-refractivity contribution < 1.29 is 0 Å². The molecule has 0 aromatic heterocycles. The maximum atomic E-state index is 5.26. The van der Waals surface area contributed by atoms with E-state index in [1.165, 1.54) is 12.8 Å². The quantitative estimate of drug-likeness (QED) is 0.663. The Kier molecular flexibility index (Phi) is 7.09. The Bertz CT molecular complexity index is 267. The average Bonchev–Trinajstić information content (AvgIpc) is 2.21. The fraction of sp³-hybridized carbons (Fsp3) is 1.00. The Morgan fingerprint density at radius 3 is 1.56 bits per heavy atom. The van der Waals surface area contributed by atoms with E-state index in [9.17, 15) is 0 Å². The fourth-order valence-electron chi connectivity index (χ4n) is 2.36. The largest absolute Gasteiger partial charge is 0.254 e. The molecule has 0 radical (unpaired) electrons. The molecule has 0 atom stereocenters. The van der Waals surface area contributed by atoms with Crippen LogP contribution in [0.15, 0.2) is 4.74 Å². The molecule has 0 saturated carbocycles. The molecule has 0 amide bonds. The molecule has 0 aliphatic carbocycles.